The first-order chi connectivity index (χ1) is 13.4. The summed E-state index contributed by atoms with van der Waals surface area (Å²) in [6, 6.07) is 12.4. The fourth-order valence-electron chi connectivity index (χ4n) is 2.90. The molecule has 0 radical (unpaired) electrons. The van der Waals surface area contributed by atoms with Crippen LogP contribution in [0.4, 0.5) is 0 Å². The van der Waals surface area contributed by atoms with Crippen LogP contribution in [0.2, 0.25) is 0 Å². The smallest absolute Gasteiger partial charge is 0.262 e. The fourth-order valence-corrected chi connectivity index (χ4v) is 4.06. The predicted molar refractivity (Wildman–Crippen MR) is 107 cm³/mol. The first kappa shape index (κ1) is 20.4. The minimum absolute atomic E-state index is 0.147. The van der Waals surface area contributed by atoms with Crippen molar-refractivity contribution >= 4 is 32.5 Å². The Kier molecular flexibility index (Phi) is 6.40. The molecule has 0 spiro atoms. The van der Waals surface area contributed by atoms with E-state index in [1.54, 1.807) is 41.7 Å². The van der Waals surface area contributed by atoms with Gasteiger partial charge in [-0.25, -0.2) is 8.42 Å². The van der Waals surface area contributed by atoms with Crippen LogP contribution in [-0.2, 0) is 10.4 Å². The topological polar surface area (TPSA) is 96.9 Å². The molecular weight excluding hydrogens is 402 g/mol. The van der Waals surface area contributed by atoms with E-state index in [4.69, 9.17) is 9.47 Å². The molecule has 1 heterocycles. The highest BCUT2D eigenvalue weighted by molar-refractivity contribution is 7.81. The van der Waals surface area contributed by atoms with Gasteiger partial charge in [0.1, 0.15) is 11.9 Å². The Morgan fingerprint density at radius 1 is 1.11 bits per heavy atom. The zero-order valence-corrected chi connectivity index (χ0v) is 17.0. The molecule has 28 heavy (non-hydrogen) atoms. The zero-order valence-electron chi connectivity index (χ0n) is 15.4. The highest BCUT2D eigenvalue weighted by Gasteiger charge is 2.19. The number of hydrogen-bond donors (Lipinski definition) is 1. The van der Waals surface area contributed by atoms with Crippen LogP contribution in [0, 0.1) is 0 Å². The van der Waals surface area contributed by atoms with Gasteiger partial charge in [-0.05, 0) is 43.2 Å². The number of rotatable bonds is 9. The van der Waals surface area contributed by atoms with Crippen molar-refractivity contribution in [2.45, 2.75) is 12.5 Å². The average Bonchev–Trinajstić information content (AvgIpc) is 3.19. The van der Waals surface area contributed by atoms with Crippen molar-refractivity contribution < 1.29 is 26.6 Å². The van der Waals surface area contributed by atoms with Gasteiger partial charge in [0.2, 0.25) is 0 Å². The Morgan fingerprint density at radius 2 is 1.93 bits per heavy atom. The molecule has 1 aromatic heterocycles. The van der Waals surface area contributed by atoms with E-state index >= 15 is 0 Å². The molecular formula is C19H20NO6S2-. The molecule has 0 unspecified atom stereocenters. The maximum absolute atomic E-state index is 11.2. The third-order valence-electron chi connectivity index (χ3n) is 4.13. The second kappa shape index (κ2) is 8.78. The minimum Gasteiger partial charge on any atom is -0.716 e. The largest absolute Gasteiger partial charge is 0.716 e. The van der Waals surface area contributed by atoms with Gasteiger partial charge in [-0.1, -0.05) is 18.2 Å². The summed E-state index contributed by atoms with van der Waals surface area (Å²) in [6.45, 7) is 0.768. The monoisotopic (exact) mass is 422 g/mol. The van der Waals surface area contributed by atoms with Crippen molar-refractivity contribution in [2.75, 3.05) is 20.7 Å². The molecule has 0 saturated carbocycles. The van der Waals surface area contributed by atoms with E-state index in [9.17, 15) is 13.0 Å². The van der Waals surface area contributed by atoms with Gasteiger partial charge < -0.3 is 23.5 Å². The van der Waals surface area contributed by atoms with Crippen molar-refractivity contribution in [3.8, 4) is 17.2 Å². The van der Waals surface area contributed by atoms with E-state index in [0.29, 0.717) is 16.5 Å². The van der Waals surface area contributed by atoms with Crippen LogP contribution < -0.4 is 19.0 Å². The molecule has 2 aromatic carbocycles. The zero-order chi connectivity index (χ0) is 20.1. The summed E-state index contributed by atoms with van der Waals surface area (Å²) in [5.74, 6) is 0.556. The molecule has 0 aliphatic carbocycles. The van der Waals surface area contributed by atoms with Gasteiger partial charge in [0.25, 0.3) is 10.4 Å². The Hall–Kier alpha value is -2.33. The van der Waals surface area contributed by atoms with Crippen molar-refractivity contribution in [3.05, 3.63) is 52.7 Å². The Labute approximate surface area is 167 Å². The lowest BCUT2D eigenvalue weighted by Crippen LogP contribution is -2.15. The van der Waals surface area contributed by atoms with Gasteiger partial charge in [0.15, 0.2) is 11.5 Å². The number of nitrogens with one attached hydrogen (secondary N) is 1. The number of methoxy groups -OCH3 is 1. The average molecular weight is 423 g/mol. The van der Waals surface area contributed by atoms with E-state index in [2.05, 4.69) is 9.50 Å². The number of thiophene rings is 1. The maximum atomic E-state index is 11.2. The summed E-state index contributed by atoms with van der Waals surface area (Å²) in [4.78, 5) is 1.08. The van der Waals surface area contributed by atoms with E-state index in [-0.39, 0.29) is 17.6 Å². The molecule has 9 heteroatoms. The molecule has 7 nitrogen and oxygen atoms in total. The van der Waals surface area contributed by atoms with Gasteiger partial charge in [-0.15, -0.1) is 11.3 Å². The predicted octanol–water partition coefficient (Wildman–Crippen LogP) is 3.48. The standard InChI is InChI=1S/C19H21NO6S2/c1-20-11-10-16(18-7-4-12-27-18)25-15-6-3-5-14-13(15)8-9-17(24-2)19(14)26-28(21,22)23/h3-9,12,16,20H,10-11H2,1-2H3,(H,21,22,23)/p-1/t16-/m0/s1. The molecule has 0 saturated heterocycles. The van der Waals surface area contributed by atoms with Gasteiger partial charge in [0.05, 0.1) is 7.11 Å². The van der Waals surface area contributed by atoms with Crippen LogP contribution in [0.1, 0.15) is 17.4 Å². The first-order valence-corrected chi connectivity index (χ1v) is 10.7. The third-order valence-corrected chi connectivity index (χ3v) is 5.46. The van der Waals surface area contributed by atoms with E-state index in [1.165, 1.54) is 7.11 Å². The number of ether oxygens (including phenoxy) is 2. The van der Waals surface area contributed by atoms with E-state index < -0.39 is 10.4 Å². The van der Waals surface area contributed by atoms with Crippen LogP contribution in [0.3, 0.4) is 0 Å². The van der Waals surface area contributed by atoms with Crippen molar-refractivity contribution in [2.24, 2.45) is 0 Å². The lowest BCUT2D eigenvalue weighted by atomic mass is 10.1. The number of fused-ring (bicyclic) bond motifs is 1. The minimum atomic E-state index is -4.96. The molecule has 0 bridgehead atoms. The van der Waals surface area contributed by atoms with Crippen LogP contribution in [0.25, 0.3) is 10.8 Å². The summed E-state index contributed by atoms with van der Waals surface area (Å²) in [5.41, 5.74) is 0. The summed E-state index contributed by atoms with van der Waals surface area (Å²) in [6.07, 6.45) is 0.578. The van der Waals surface area contributed by atoms with E-state index in [0.717, 1.165) is 17.8 Å². The molecule has 0 aliphatic heterocycles. The molecule has 3 rings (SSSR count). The SMILES string of the molecule is CNCC[C@H](Oc1cccc2c(OS(=O)(=O)[O-])c(OC)ccc12)c1cccs1. The number of hydrogen-bond acceptors (Lipinski definition) is 8. The molecule has 0 amide bonds. The molecule has 0 aliphatic rings. The normalized spacial score (nSPS) is 12.7. The third kappa shape index (κ3) is 4.74. The van der Waals surface area contributed by atoms with Gasteiger partial charge in [0, 0.05) is 22.1 Å². The Bertz CT molecular complexity index is 1030. The van der Waals surface area contributed by atoms with Crippen LogP contribution in [-0.4, -0.2) is 33.7 Å². The van der Waals surface area contributed by atoms with Crippen LogP contribution in [0.15, 0.2) is 47.8 Å². The number of benzene rings is 2. The highest BCUT2D eigenvalue weighted by Crippen LogP contribution is 2.41. The molecule has 0 fully saturated rings. The van der Waals surface area contributed by atoms with Gasteiger partial charge in [-0.3, -0.25) is 0 Å². The summed E-state index contributed by atoms with van der Waals surface area (Å²) in [5, 5.41) is 6.14. The maximum Gasteiger partial charge on any atom is 0.262 e. The first-order valence-electron chi connectivity index (χ1n) is 8.52. The summed E-state index contributed by atoms with van der Waals surface area (Å²) < 4.78 is 49.6. The molecule has 1 N–H and O–H groups in total. The highest BCUT2D eigenvalue weighted by atomic mass is 32.3. The van der Waals surface area contributed by atoms with Crippen molar-refractivity contribution in [3.63, 3.8) is 0 Å². The van der Waals surface area contributed by atoms with Crippen LogP contribution >= 0.6 is 11.3 Å². The fraction of sp³-hybridized carbons (Fsp3) is 0.263. The Morgan fingerprint density at radius 3 is 2.57 bits per heavy atom. The van der Waals surface area contributed by atoms with Crippen molar-refractivity contribution in [1.82, 2.24) is 5.32 Å². The quantitative estimate of drug-likeness (QED) is 0.416. The molecule has 1 atom stereocenters. The second-order valence-electron chi connectivity index (χ2n) is 5.95. The van der Waals surface area contributed by atoms with Gasteiger partial charge in [-0.2, -0.15) is 0 Å². The van der Waals surface area contributed by atoms with Crippen molar-refractivity contribution in [1.29, 1.82) is 0 Å². The summed E-state index contributed by atoms with van der Waals surface area (Å²) >= 11 is 1.61. The lowest BCUT2D eigenvalue weighted by molar-refractivity contribution is 0.201. The lowest BCUT2D eigenvalue weighted by Gasteiger charge is -2.20. The molecule has 3 aromatic rings. The summed E-state index contributed by atoms with van der Waals surface area (Å²) in [7, 11) is -1.71. The van der Waals surface area contributed by atoms with Crippen LogP contribution in [0.5, 0.6) is 17.2 Å². The Balaban J connectivity index is 2.05. The second-order valence-corrected chi connectivity index (χ2v) is 7.92. The van der Waals surface area contributed by atoms with E-state index in [1.807, 2.05) is 24.6 Å². The van der Waals surface area contributed by atoms with Gasteiger partial charge >= 0.3 is 0 Å². The molecule has 150 valence electrons.